The molecule has 4 bridgehead atoms. The highest BCUT2D eigenvalue weighted by atomic mass is 16.5. The Bertz CT molecular complexity index is 1590. The predicted octanol–water partition coefficient (Wildman–Crippen LogP) is 4.30. The highest BCUT2D eigenvalue weighted by Crippen LogP contribution is 2.39. The molecule has 3 aliphatic heterocycles. The molecule has 7 heteroatoms. The molecular formula is C31H32N4O3. The van der Waals surface area contributed by atoms with E-state index in [1.165, 1.54) is 25.9 Å². The number of fused-ring (bicyclic) bond motifs is 12. The van der Waals surface area contributed by atoms with Gasteiger partial charge in [0.1, 0.15) is 0 Å². The molecule has 1 atom stereocenters. The number of hydrogen-bond acceptors (Lipinski definition) is 4. The van der Waals surface area contributed by atoms with Gasteiger partial charge in [0, 0.05) is 65.0 Å². The maximum absolute atomic E-state index is 13.3. The summed E-state index contributed by atoms with van der Waals surface area (Å²) in [4.78, 5) is 29.2. The number of carbonyl (C=O) groups is 2. The first-order chi connectivity index (χ1) is 18.7. The molecule has 1 fully saturated rings. The summed E-state index contributed by atoms with van der Waals surface area (Å²) in [5, 5.41) is 4.55. The number of benzene rings is 2. The summed E-state index contributed by atoms with van der Waals surface area (Å²) < 4.78 is 10.7. The number of nitrogens with one attached hydrogen (secondary N) is 1. The maximum Gasteiger partial charge on any atom is 0.259 e. The van der Waals surface area contributed by atoms with Crippen LogP contribution in [0.1, 0.15) is 30.4 Å². The van der Waals surface area contributed by atoms with Crippen LogP contribution in [-0.4, -0.2) is 58.7 Å². The van der Waals surface area contributed by atoms with E-state index in [0.29, 0.717) is 30.2 Å². The fourth-order valence-corrected chi connectivity index (χ4v) is 6.52. The molecule has 38 heavy (non-hydrogen) atoms. The van der Waals surface area contributed by atoms with Crippen LogP contribution in [0.25, 0.3) is 33.0 Å². The maximum atomic E-state index is 13.3. The van der Waals surface area contributed by atoms with Gasteiger partial charge in [0.05, 0.1) is 24.4 Å². The van der Waals surface area contributed by atoms with Crippen LogP contribution in [0.15, 0.2) is 60.9 Å². The number of aromatic nitrogens is 2. The van der Waals surface area contributed by atoms with E-state index >= 15 is 0 Å². The van der Waals surface area contributed by atoms with Crippen molar-refractivity contribution in [2.45, 2.75) is 32.4 Å². The molecule has 1 unspecified atom stereocenters. The van der Waals surface area contributed by atoms with Crippen molar-refractivity contribution in [1.82, 2.24) is 19.4 Å². The normalized spacial score (nSPS) is 21.1. The van der Waals surface area contributed by atoms with Crippen LogP contribution in [0.3, 0.4) is 0 Å². The standard InChI is InChI=1S/C31H32N4O3/c36-30-28-24-18-34(26-9-3-1-7-22(24)26)14-11-21(17-33-12-5-6-13-33)20-38-16-15-35-19-25(29(28)31(37)32-30)23-8-2-4-10-27(23)35/h1-4,7-10,18-19,21H,5-6,11-17,20H2,(H,32,36,37). The van der Waals surface area contributed by atoms with Gasteiger partial charge < -0.3 is 18.8 Å². The Morgan fingerprint density at radius 3 is 1.97 bits per heavy atom. The van der Waals surface area contributed by atoms with Crippen molar-refractivity contribution in [3.63, 3.8) is 0 Å². The molecule has 1 N–H and O–H groups in total. The van der Waals surface area contributed by atoms with Crippen LogP contribution >= 0.6 is 0 Å². The van der Waals surface area contributed by atoms with Gasteiger partial charge in [-0.3, -0.25) is 14.9 Å². The Morgan fingerprint density at radius 1 is 0.763 bits per heavy atom. The van der Waals surface area contributed by atoms with E-state index in [1.807, 2.05) is 36.5 Å². The first kappa shape index (κ1) is 23.4. The number of para-hydroxylation sites is 2. The number of rotatable bonds is 2. The molecule has 1 saturated heterocycles. The van der Waals surface area contributed by atoms with Crippen molar-refractivity contribution in [2.24, 2.45) is 5.92 Å². The fraction of sp³-hybridized carbons (Fsp3) is 0.355. The van der Waals surface area contributed by atoms with E-state index in [0.717, 1.165) is 59.0 Å². The van der Waals surface area contributed by atoms with E-state index in [2.05, 4.69) is 43.7 Å². The third-order valence-electron chi connectivity index (χ3n) is 8.37. The average Bonchev–Trinajstić information content (AvgIpc) is 3.70. The van der Waals surface area contributed by atoms with Crippen LogP contribution in [0.4, 0.5) is 0 Å². The van der Waals surface area contributed by atoms with Crippen LogP contribution in [-0.2, 0) is 27.4 Å². The minimum atomic E-state index is -0.337. The van der Waals surface area contributed by atoms with Crippen LogP contribution in [0.2, 0.25) is 0 Å². The topological polar surface area (TPSA) is 68.5 Å². The molecule has 2 amide bonds. The van der Waals surface area contributed by atoms with Gasteiger partial charge >= 0.3 is 0 Å². The van der Waals surface area contributed by atoms with E-state index < -0.39 is 0 Å². The molecule has 3 aliphatic rings. The first-order valence-corrected chi connectivity index (χ1v) is 13.7. The molecule has 4 aromatic rings. The fourth-order valence-electron chi connectivity index (χ4n) is 6.52. The van der Waals surface area contributed by atoms with Gasteiger partial charge in [-0.25, -0.2) is 0 Å². The minimum Gasteiger partial charge on any atom is -0.379 e. The Balaban J connectivity index is 1.40. The van der Waals surface area contributed by atoms with Gasteiger partial charge in [0.25, 0.3) is 11.8 Å². The van der Waals surface area contributed by atoms with Gasteiger partial charge in [0.15, 0.2) is 0 Å². The van der Waals surface area contributed by atoms with Gasteiger partial charge in [-0.05, 0) is 50.4 Å². The quantitative estimate of drug-likeness (QED) is 0.410. The molecule has 5 heterocycles. The Morgan fingerprint density at radius 2 is 1.34 bits per heavy atom. The summed E-state index contributed by atoms with van der Waals surface area (Å²) in [6.45, 7) is 6.24. The first-order valence-electron chi connectivity index (χ1n) is 13.7. The van der Waals surface area contributed by atoms with Crippen LogP contribution < -0.4 is 5.32 Å². The lowest BCUT2D eigenvalue weighted by atomic mass is 9.95. The lowest BCUT2D eigenvalue weighted by molar-refractivity contribution is -0.122. The zero-order valence-corrected chi connectivity index (χ0v) is 21.5. The summed E-state index contributed by atoms with van der Waals surface area (Å²) in [6, 6.07) is 16.3. The molecule has 2 aromatic heterocycles. The van der Waals surface area contributed by atoms with E-state index in [1.54, 1.807) is 0 Å². The molecule has 7 nitrogen and oxygen atoms in total. The molecule has 194 valence electrons. The lowest BCUT2D eigenvalue weighted by Gasteiger charge is -2.24. The SMILES string of the molecule is O=C1NC(=O)C2=C1c1cn(c3ccccc13)CCOCC(CN1CCCC1)CCn1cc2c2ccccc21. The van der Waals surface area contributed by atoms with Crippen molar-refractivity contribution in [1.29, 1.82) is 0 Å². The Kier molecular flexibility index (Phi) is 5.90. The third kappa shape index (κ3) is 3.97. The molecular weight excluding hydrogens is 476 g/mol. The summed E-state index contributed by atoms with van der Waals surface area (Å²) >= 11 is 0. The van der Waals surface area contributed by atoms with Gasteiger partial charge in [-0.15, -0.1) is 0 Å². The summed E-state index contributed by atoms with van der Waals surface area (Å²) in [7, 11) is 0. The van der Waals surface area contributed by atoms with Gasteiger partial charge in [-0.2, -0.15) is 0 Å². The highest BCUT2D eigenvalue weighted by molar-refractivity contribution is 6.50. The molecule has 0 radical (unpaired) electrons. The van der Waals surface area contributed by atoms with Crippen molar-refractivity contribution >= 4 is 44.8 Å². The van der Waals surface area contributed by atoms with Crippen LogP contribution in [0, 0.1) is 5.92 Å². The van der Waals surface area contributed by atoms with Crippen molar-refractivity contribution in [3.8, 4) is 0 Å². The summed E-state index contributed by atoms with van der Waals surface area (Å²) in [5.41, 5.74) is 4.64. The number of carbonyl (C=O) groups excluding carboxylic acids is 2. The second-order valence-electron chi connectivity index (χ2n) is 10.8. The zero-order valence-electron chi connectivity index (χ0n) is 21.5. The second kappa shape index (κ2) is 9.57. The van der Waals surface area contributed by atoms with Crippen molar-refractivity contribution < 1.29 is 14.3 Å². The number of likely N-dealkylation sites (tertiary alicyclic amines) is 1. The minimum absolute atomic E-state index is 0.329. The Hall–Kier alpha value is -3.68. The highest BCUT2D eigenvalue weighted by Gasteiger charge is 2.35. The van der Waals surface area contributed by atoms with Crippen molar-refractivity contribution in [2.75, 3.05) is 32.8 Å². The monoisotopic (exact) mass is 508 g/mol. The van der Waals surface area contributed by atoms with E-state index in [9.17, 15) is 9.59 Å². The number of ether oxygens (including phenoxy) is 1. The van der Waals surface area contributed by atoms with Gasteiger partial charge in [-0.1, -0.05) is 36.4 Å². The van der Waals surface area contributed by atoms with Crippen LogP contribution in [0.5, 0.6) is 0 Å². The van der Waals surface area contributed by atoms with E-state index in [-0.39, 0.29) is 11.8 Å². The smallest absolute Gasteiger partial charge is 0.259 e. The molecule has 2 aromatic carbocycles. The molecule has 0 saturated carbocycles. The molecule has 0 aliphatic carbocycles. The third-order valence-corrected chi connectivity index (χ3v) is 8.37. The zero-order chi connectivity index (χ0) is 25.6. The number of nitrogens with zero attached hydrogens (tertiary/aromatic N) is 3. The summed E-state index contributed by atoms with van der Waals surface area (Å²) in [6.07, 6.45) is 7.63. The van der Waals surface area contributed by atoms with Crippen molar-refractivity contribution in [3.05, 3.63) is 72.1 Å². The lowest BCUT2D eigenvalue weighted by Crippen LogP contribution is -2.30. The number of hydrogen-bond donors (Lipinski definition) is 1. The van der Waals surface area contributed by atoms with Gasteiger partial charge in [0.2, 0.25) is 0 Å². The number of imide groups is 1. The largest absolute Gasteiger partial charge is 0.379 e. The predicted molar refractivity (Wildman–Crippen MR) is 148 cm³/mol. The second-order valence-corrected chi connectivity index (χ2v) is 10.8. The Labute approximate surface area is 221 Å². The molecule has 7 rings (SSSR count). The average molecular weight is 509 g/mol. The molecule has 0 spiro atoms. The van der Waals surface area contributed by atoms with E-state index in [4.69, 9.17) is 4.74 Å². The summed E-state index contributed by atoms with van der Waals surface area (Å²) in [5.74, 6) is -0.244. The number of aryl methyl sites for hydroxylation is 1. The number of amides is 2.